The molecule has 110 heavy (non-hydrogen) atoms. The molecule has 0 aliphatic rings. The van der Waals surface area contributed by atoms with Crippen LogP contribution in [-0.4, -0.2) is 49.8 Å². The van der Waals surface area contributed by atoms with Crippen LogP contribution in [0.5, 0.6) is 0 Å². The normalized spacial score (nSPS) is 11.3. The third kappa shape index (κ3) is 13.6. The summed E-state index contributed by atoms with van der Waals surface area (Å²) in [6.45, 7) is 0. The first-order valence-electron chi connectivity index (χ1n) is 36.3. The molecular formula is C98H62N10OS. The number of fused-ring (bicyclic) bond motifs is 6. The fourth-order valence-corrected chi connectivity index (χ4v) is 15.0. The van der Waals surface area contributed by atoms with Crippen molar-refractivity contribution in [2.24, 2.45) is 0 Å². The van der Waals surface area contributed by atoms with Gasteiger partial charge >= 0.3 is 0 Å². The zero-order valence-electron chi connectivity index (χ0n) is 59.1. The van der Waals surface area contributed by atoms with Gasteiger partial charge in [0.15, 0.2) is 46.6 Å². The first-order valence-corrected chi connectivity index (χ1v) is 37.1. The average molecular weight is 1430 g/mol. The Balaban J connectivity index is 0.000000149. The van der Waals surface area contributed by atoms with E-state index in [2.05, 4.69) is 182 Å². The van der Waals surface area contributed by atoms with Crippen molar-refractivity contribution >= 4 is 53.4 Å². The van der Waals surface area contributed by atoms with Gasteiger partial charge in [-0.1, -0.05) is 315 Å². The second-order valence-corrected chi connectivity index (χ2v) is 27.8. The minimum Gasteiger partial charge on any atom is -0.456 e. The minimum atomic E-state index is 0.579. The summed E-state index contributed by atoms with van der Waals surface area (Å²) in [6.07, 6.45) is 0. The molecule has 516 valence electrons. The quantitative estimate of drug-likeness (QED) is 0.103. The molecule has 0 atom stereocenters. The number of benzene rings is 14. The van der Waals surface area contributed by atoms with Crippen molar-refractivity contribution in [1.29, 1.82) is 0 Å². The third-order valence-electron chi connectivity index (χ3n) is 19.5. The van der Waals surface area contributed by atoms with Crippen LogP contribution in [0.4, 0.5) is 0 Å². The zero-order valence-corrected chi connectivity index (χ0v) is 59.9. The van der Waals surface area contributed by atoms with Crippen LogP contribution in [0, 0.1) is 0 Å². The summed E-state index contributed by atoms with van der Waals surface area (Å²) in [6, 6.07) is 128. The van der Waals surface area contributed by atoms with Crippen LogP contribution in [0.25, 0.3) is 200 Å². The van der Waals surface area contributed by atoms with Gasteiger partial charge in [-0.15, -0.1) is 11.3 Å². The van der Waals surface area contributed by atoms with Gasteiger partial charge in [0, 0.05) is 97.7 Å². The van der Waals surface area contributed by atoms with E-state index < -0.39 is 0 Å². The Morgan fingerprint density at radius 2 is 0.445 bits per heavy atom. The lowest BCUT2D eigenvalue weighted by molar-refractivity contribution is 0.669. The topological polar surface area (TPSA) is 142 Å². The maximum atomic E-state index is 6.22. The lowest BCUT2D eigenvalue weighted by Gasteiger charge is -2.11. The molecule has 0 saturated heterocycles. The first-order chi connectivity index (χ1) is 54.4. The van der Waals surface area contributed by atoms with Gasteiger partial charge < -0.3 is 4.42 Å². The molecule has 14 aromatic carbocycles. The van der Waals surface area contributed by atoms with Crippen molar-refractivity contribution in [1.82, 2.24) is 49.8 Å². The van der Waals surface area contributed by atoms with Crippen molar-refractivity contribution in [3.63, 3.8) is 0 Å². The maximum absolute atomic E-state index is 6.22. The van der Waals surface area contributed by atoms with Gasteiger partial charge in [-0.3, -0.25) is 0 Å². The van der Waals surface area contributed by atoms with Crippen molar-refractivity contribution < 1.29 is 4.42 Å². The molecule has 0 amide bonds. The smallest absolute Gasteiger partial charge is 0.164 e. The fraction of sp³-hybridized carbons (Fsp3) is 0. The molecule has 11 nitrogen and oxygen atoms in total. The van der Waals surface area contributed by atoms with Crippen LogP contribution in [-0.2, 0) is 0 Å². The van der Waals surface area contributed by atoms with E-state index in [0.29, 0.717) is 46.6 Å². The largest absolute Gasteiger partial charge is 0.456 e. The second kappa shape index (κ2) is 29.3. The number of hydrogen-bond acceptors (Lipinski definition) is 12. The molecule has 6 aromatic heterocycles. The van der Waals surface area contributed by atoms with Gasteiger partial charge in [-0.2, -0.15) is 0 Å². The van der Waals surface area contributed by atoms with E-state index >= 15 is 0 Å². The summed E-state index contributed by atoms with van der Waals surface area (Å²) in [5, 5.41) is 4.66. The summed E-state index contributed by atoms with van der Waals surface area (Å²) in [4.78, 5) is 49.9. The Morgan fingerprint density at radius 3 is 0.891 bits per heavy atom. The van der Waals surface area contributed by atoms with Crippen molar-refractivity contribution in [2.75, 3.05) is 0 Å². The molecule has 20 aromatic rings. The molecule has 0 saturated carbocycles. The van der Waals surface area contributed by atoms with Crippen LogP contribution >= 0.6 is 11.3 Å². The Morgan fingerprint density at radius 1 is 0.155 bits per heavy atom. The Hall–Kier alpha value is -14.7. The number of thiophene rings is 1. The fourth-order valence-electron chi connectivity index (χ4n) is 13.9. The molecule has 20 rings (SSSR count). The molecule has 0 aliphatic carbocycles. The van der Waals surface area contributed by atoms with Gasteiger partial charge in [0.1, 0.15) is 11.2 Å². The second-order valence-electron chi connectivity index (χ2n) is 26.7. The van der Waals surface area contributed by atoms with Crippen LogP contribution in [0.3, 0.4) is 0 Å². The van der Waals surface area contributed by atoms with Gasteiger partial charge in [0.25, 0.3) is 0 Å². The van der Waals surface area contributed by atoms with Crippen molar-refractivity contribution in [3.05, 3.63) is 376 Å². The average Bonchev–Trinajstić information content (AvgIpc) is 1.61. The highest BCUT2D eigenvalue weighted by molar-refractivity contribution is 7.25. The third-order valence-corrected chi connectivity index (χ3v) is 20.7. The van der Waals surface area contributed by atoms with Crippen molar-refractivity contribution in [2.45, 2.75) is 0 Å². The number of furan rings is 1. The standard InChI is InChI=1S/C49H31N5O.C49H31N5S/c1-4-13-33(14-5-1)42-31-43(51-46(50-42)35-15-6-2-7-16-35)34-25-23-32(24-26-34)37-19-12-20-38(29-37)48-52-47(36-17-8-3-9-18-36)53-49(54-48)39-27-28-41-40-21-10-11-22-44(40)55-45(41)30-39;1-4-13-34(14-5-1)46-50-42(31-43(51-46)38-27-28-45-41(30-38)40-21-10-11-22-44(40)55-45)33-25-23-32(24-26-33)37-19-12-20-39(29-37)49-53-47(35-15-6-2-7-16-35)52-48(54-49)36-17-8-3-9-18-36/h2*1-31H. The molecular weight excluding hydrogens is 1370 g/mol. The minimum absolute atomic E-state index is 0.579. The highest BCUT2D eigenvalue weighted by Crippen LogP contribution is 2.40. The lowest BCUT2D eigenvalue weighted by Crippen LogP contribution is -2.00. The number of rotatable bonds is 14. The monoisotopic (exact) mass is 1430 g/mol. The number of hydrogen-bond donors (Lipinski definition) is 0. The number of nitrogens with zero attached hydrogens (tertiary/aromatic N) is 10. The van der Waals surface area contributed by atoms with Gasteiger partial charge in [-0.05, 0) is 82.9 Å². The molecule has 0 spiro atoms. The summed E-state index contributed by atoms with van der Waals surface area (Å²) < 4.78 is 8.78. The number of aromatic nitrogens is 10. The first kappa shape index (κ1) is 66.0. The zero-order chi connectivity index (χ0) is 73.1. The van der Waals surface area contributed by atoms with E-state index in [4.69, 9.17) is 54.3 Å². The van der Waals surface area contributed by atoms with Gasteiger partial charge in [0.2, 0.25) is 0 Å². The van der Waals surface area contributed by atoms with E-state index in [1.54, 1.807) is 0 Å². The highest BCUT2D eigenvalue weighted by atomic mass is 32.1. The Kier molecular flexibility index (Phi) is 17.6. The van der Waals surface area contributed by atoms with Crippen LogP contribution in [0.1, 0.15) is 0 Å². The Bertz CT molecular complexity index is 6630. The lowest BCUT2D eigenvalue weighted by atomic mass is 9.99. The molecule has 0 unspecified atom stereocenters. The van der Waals surface area contributed by atoms with E-state index in [-0.39, 0.29) is 0 Å². The molecule has 12 heteroatoms. The molecule has 0 aliphatic heterocycles. The van der Waals surface area contributed by atoms with E-state index in [0.717, 1.165) is 134 Å². The SMILES string of the molecule is c1ccc(-c2cc(-c3ccc(-c4cccc(-c5nc(-c6ccccc6)nc(-c6ccc7c(c6)oc6ccccc67)n5)c4)cc3)nc(-c3ccccc3)n2)cc1.c1ccc(-c2nc(-c3ccc(-c4cccc(-c5nc(-c6ccccc6)nc(-c6ccccc6)n5)c4)cc3)cc(-c3ccc4sc5ccccc5c4c3)n2)cc1. The predicted molar refractivity (Wildman–Crippen MR) is 447 cm³/mol. The van der Waals surface area contributed by atoms with E-state index in [1.165, 1.54) is 20.2 Å². The molecule has 0 fully saturated rings. The molecule has 0 radical (unpaired) electrons. The maximum Gasteiger partial charge on any atom is 0.164 e. The van der Waals surface area contributed by atoms with E-state index in [1.807, 2.05) is 205 Å². The summed E-state index contributed by atoms with van der Waals surface area (Å²) in [7, 11) is 0. The summed E-state index contributed by atoms with van der Waals surface area (Å²) in [5.74, 6) is 5.07. The predicted octanol–water partition coefficient (Wildman–Crippen LogP) is 24.9. The van der Waals surface area contributed by atoms with Crippen LogP contribution in [0.2, 0.25) is 0 Å². The number of para-hydroxylation sites is 1. The highest BCUT2D eigenvalue weighted by Gasteiger charge is 2.20. The molecule has 6 heterocycles. The summed E-state index contributed by atoms with van der Waals surface area (Å²) in [5.41, 5.74) is 21.0. The Labute approximate surface area is 638 Å². The van der Waals surface area contributed by atoms with Crippen LogP contribution in [0.15, 0.2) is 381 Å². The molecule has 0 N–H and O–H groups in total. The molecule has 0 bridgehead atoms. The van der Waals surface area contributed by atoms with Crippen molar-refractivity contribution in [3.8, 4) is 158 Å². The van der Waals surface area contributed by atoms with Gasteiger partial charge in [0.05, 0.1) is 22.8 Å². The summed E-state index contributed by atoms with van der Waals surface area (Å²) >= 11 is 1.82. The van der Waals surface area contributed by atoms with Gasteiger partial charge in [-0.25, -0.2) is 49.8 Å². The van der Waals surface area contributed by atoms with Crippen LogP contribution < -0.4 is 0 Å². The van der Waals surface area contributed by atoms with E-state index in [9.17, 15) is 0 Å².